The van der Waals surface area contributed by atoms with Gasteiger partial charge in [0.15, 0.2) is 0 Å². The lowest BCUT2D eigenvalue weighted by molar-refractivity contribution is -0.149. The Balaban J connectivity index is 1.88. The van der Waals surface area contributed by atoms with Gasteiger partial charge in [0, 0.05) is 26.1 Å². The van der Waals surface area contributed by atoms with E-state index in [9.17, 15) is 14.4 Å². The molecule has 2 rings (SSSR count). The lowest BCUT2D eigenvalue weighted by atomic mass is 9.93. The fraction of sp³-hybridized carbons (Fsp3) is 0.786. The molecule has 2 N–H and O–H groups in total. The van der Waals surface area contributed by atoms with Crippen molar-refractivity contribution in [2.45, 2.75) is 45.1 Å². The van der Waals surface area contributed by atoms with Gasteiger partial charge in [-0.05, 0) is 25.7 Å². The number of piperidine rings is 1. The third-order valence-electron chi connectivity index (χ3n) is 4.36. The van der Waals surface area contributed by atoms with E-state index in [1.54, 1.807) is 4.90 Å². The maximum absolute atomic E-state index is 12.4. The van der Waals surface area contributed by atoms with Crippen molar-refractivity contribution in [1.29, 1.82) is 0 Å². The number of hydrogen-bond acceptors (Lipinski definition) is 3. The van der Waals surface area contributed by atoms with Crippen molar-refractivity contribution in [2.75, 3.05) is 13.1 Å². The second-order valence-corrected chi connectivity index (χ2v) is 5.78. The average Bonchev–Trinajstić information content (AvgIpc) is 2.87. The van der Waals surface area contributed by atoms with E-state index in [2.05, 4.69) is 5.32 Å². The molecular formula is C14H22N2O4. The summed E-state index contributed by atoms with van der Waals surface area (Å²) in [7, 11) is 0. The molecule has 1 heterocycles. The molecule has 0 aromatic rings. The van der Waals surface area contributed by atoms with E-state index in [0.29, 0.717) is 25.9 Å². The summed E-state index contributed by atoms with van der Waals surface area (Å²) < 4.78 is 0. The minimum atomic E-state index is -0.853. The van der Waals surface area contributed by atoms with E-state index < -0.39 is 11.9 Å². The van der Waals surface area contributed by atoms with Crippen molar-refractivity contribution in [1.82, 2.24) is 10.2 Å². The average molecular weight is 282 g/mol. The molecule has 2 unspecified atom stereocenters. The van der Waals surface area contributed by atoms with Crippen molar-refractivity contribution < 1.29 is 19.5 Å². The molecule has 20 heavy (non-hydrogen) atoms. The van der Waals surface area contributed by atoms with E-state index in [1.807, 2.05) is 0 Å². The minimum Gasteiger partial charge on any atom is -0.481 e. The third kappa shape index (κ3) is 3.29. The summed E-state index contributed by atoms with van der Waals surface area (Å²) in [6.45, 7) is 2.70. The molecule has 0 aromatic carbocycles. The standard InChI is InChI=1S/C14H22N2O4/c1-9(17)15-10-5-7-16(8-6-10)13(18)11-3-2-4-12(11)14(19)20/h10-12H,2-8H2,1H3,(H,15,17)(H,19,20). The maximum atomic E-state index is 12.4. The van der Waals surface area contributed by atoms with Crippen LogP contribution in [0.15, 0.2) is 0 Å². The lowest BCUT2D eigenvalue weighted by Crippen LogP contribution is -2.48. The van der Waals surface area contributed by atoms with E-state index in [-0.39, 0.29) is 23.8 Å². The van der Waals surface area contributed by atoms with Crippen LogP contribution < -0.4 is 5.32 Å². The topological polar surface area (TPSA) is 86.7 Å². The Morgan fingerprint density at radius 3 is 2.20 bits per heavy atom. The number of amides is 2. The summed E-state index contributed by atoms with van der Waals surface area (Å²) in [6, 6.07) is 0.135. The molecule has 2 atom stereocenters. The van der Waals surface area contributed by atoms with Crippen LogP contribution in [0, 0.1) is 11.8 Å². The van der Waals surface area contributed by atoms with Crippen molar-refractivity contribution >= 4 is 17.8 Å². The van der Waals surface area contributed by atoms with Gasteiger partial charge >= 0.3 is 5.97 Å². The number of likely N-dealkylation sites (tertiary alicyclic amines) is 1. The van der Waals surface area contributed by atoms with E-state index in [0.717, 1.165) is 19.3 Å². The molecule has 2 fully saturated rings. The Kier molecular flexibility index (Phi) is 4.62. The van der Waals surface area contributed by atoms with Crippen molar-refractivity contribution in [3.8, 4) is 0 Å². The van der Waals surface area contributed by atoms with Gasteiger partial charge in [0.25, 0.3) is 0 Å². The first kappa shape index (κ1) is 14.8. The number of carboxylic acid groups (broad SMARTS) is 1. The summed E-state index contributed by atoms with van der Waals surface area (Å²) in [5.74, 6) is -1.79. The molecule has 0 spiro atoms. The quantitative estimate of drug-likeness (QED) is 0.794. The number of hydrogen-bond donors (Lipinski definition) is 2. The monoisotopic (exact) mass is 282 g/mol. The Labute approximate surface area is 118 Å². The van der Waals surface area contributed by atoms with Crippen molar-refractivity contribution in [3.63, 3.8) is 0 Å². The number of carbonyl (C=O) groups is 3. The molecule has 2 aliphatic rings. The van der Waals surface area contributed by atoms with Crippen LogP contribution >= 0.6 is 0 Å². The van der Waals surface area contributed by atoms with Gasteiger partial charge in [-0.2, -0.15) is 0 Å². The van der Waals surface area contributed by atoms with Crippen molar-refractivity contribution in [2.24, 2.45) is 11.8 Å². The summed E-state index contributed by atoms with van der Waals surface area (Å²) in [4.78, 5) is 36.3. The maximum Gasteiger partial charge on any atom is 0.307 e. The van der Waals surface area contributed by atoms with Gasteiger partial charge < -0.3 is 15.3 Å². The second-order valence-electron chi connectivity index (χ2n) is 5.78. The molecule has 6 nitrogen and oxygen atoms in total. The normalized spacial score (nSPS) is 27.4. The molecule has 112 valence electrons. The molecule has 1 saturated carbocycles. The molecule has 1 aliphatic carbocycles. The second kappa shape index (κ2) is 6.24. The molecule has 6 heteroatoms. The Morgan fingerprint density at radius 1 is 1.05 bits per heavy atom. The summed E-state index contributed by atoms with van der Waals surface area (Å²) in [6.07, 6.45) is 3.59. The predicted octanol–water partition coefficient (Wildman–Crippen LogP) is 0.614. The summed E-state index contributed by atoms with van der Waals surface area (Å²) >= 11 is 0. The highest BCUT2D eigenvalue weighted by Gasteiger charge is 2.40. The summed E-state index contributed by atoms with van der Waals surface area (Å²) in [5, 5.41) is 12.0. The number of aliphatic carboxylic acids is 1. The molecule has 2 amide bonds. The van der Waals surface area contributed by atoms with Crippen LogP contribution in [0.1, 0.15) is 39.0 Å². The Bertz CT molecular complexity index is 402. The van der Waals surface area contributed by atoms with Crippen LogP contribution in [0.2, 0.25) is 0 Å². The first-order chi connectivity index (χ1) is 9.49. The fourth-order valence-electron chi connectivity index (χ4n) is 3.32. The number of nitrogens with zero attached hydrogens (tertiary/aromatic N) is 1. The number of carbonyl (C=O) groups excluding carboxylic acids is 2. The van der Waals surface area contributed by atoms with Gasteiger partial charge in [-0.15, -0.1) is 0 Å². The zero-order chi connectivity index (χ0) is 14.7. The molecule has 1 saturated heterocycles. The lowest BCUT2D eigenvalue weighted by Gasteiger charge is -2.34. The van der Waals surface area contributed by atoms with Gasteiger partial charge in [-0.25, -0.2) is 0 Å². The first-order valence-electron chi connectivity index (χ1n) is 7.27. The first-order valence-corrected chi connectivity index (χ1v) is 7.27. The molecule has 1 aliphatic heterocycles. The van der Waals surface area contributed by atoms with Gasteiger partial charge in [0.2, 0.25) is 11.8 Å². The molecule has 0 radical (unpaired) electrons. The van der Waals surface area contributed by atoms with Crippen LogP contribution in [-0.2, 0) is 14.4 Å². The van der Waals surface area contributed by atoms with Crippen LogP contribution in [0.25, 0.3) is 0 Å². The van der Waals surface area contributed by atoms with E-state index in [4.69, 9.17) is 5.11 Å². The number of carboxylic acids is 1. The smallest absolute Gasteiger partial charge is 0.307 e. The zero-order valence-corrected chi connectivity index (χ0v) is 11.8. The highest BCUT2D eigenvalue weighted by Crippen LogP contribution is 2.33. The largest absolute Gasteiger partial charge is 0.481 e. The Morgan fingerprint density at radius 2 is 1.65 bits per heavy atom. The molecule has 0 aromatic heterocycles. The van der Waals surface area contributed by atoms with Gasteiger partial charge in [-0.1, -0.05) is 6.42 Å². The van der Waals surface area contributed by atoms with Gasteiger partial charge in [0.05, 0.1) is 11.8 Å². The van der Waals surface area contributed by atoms with Crippen LogP contribution in [-0.4, -0.2) is 46.9 Å². The van der Waals surface area contributed by atoms with Crippen LogP contribution in [0.3, 0.4) is 0 Å². The highest BCUT2D eigenvalue weighted by atomic mass is 16.4. The Hall–Kier alpha value is -1.59. The van der Waals surface area contributed by atoms with E-state index in [1.165, 1.54) is 6.92 Å². The highest BCUT2D eigenvalue weighted by molar-refractivity contribution is 5.85. The fourth-order valence-corrected chi connectivity index (χ4v) is 3.32. The number of nitrogens with one attached hydrogen (secondary N) is 1. The minimum absolute atomic E-state index is 0.0174. The van der Waals surface area contributed by atoms with Gasteiger partial charge in [0.1, 0.15) is 0 Å². The SMILES string of the molecule is CC(=O)NC1CCN(C(=O)C2CCCC2C(=O)O)CC1. The number of rotatable bonds is 3. The van der Waals surface area contributed by atoms with E-state index >= 15 is 0 Å². The van der Waals surface area contributed by atoms with Gasteiger partial charge in [-0.3, -0.25) is 14.4 Å². The third-order valence-corrected chi connectivity index (χ3v) is 4.36. The van der Waals surface area contributed by atoms with Crippen LogP contribution in [0.5, 0.6) is 0 Å². The van der Waals surface area contributed by atoms with Crippen molar-refractivity contribution in [3.05, 3.63) is 0 Å². The zero-order valence-electron chi connectivity index (χ0n) is 11.8. The molecular weight excluding hydrogens is 260 g/mol. The van der Waals surface area contributed by atoms with Crippen LogP contribution in [0.4, 0.5) is 0 Å². The summed E-state index contributed by atoms with van der Waals surface area (Å²) in [5.41, 5.74) is 0. The predicted molar refractivity (Wildman–Crippen MR) is 71.9 cm³/mol. The molecule has 0 bridgehead atoms.